The van der Waals surface area contributed by atoms with E-state index in [9.17, 15) is 4.79 Å². The summed E-state index contributed by atoms with van der Waals surface area (Å²) in [5.74, 6) is 0.410. The van der Waals surface area contributed by atoms with Crippen molar-refractivity contribution in [1.29, 1.82) is 0 Å². The zero-order valence-electron chi connectivity index (χ0n) is 8.24. The topological polar surface area (TPSA) is 83.6 Å². The highest BCUT2D eigenvalue weighted by atomic mass is 16.2. The van der Waals surface area contributed by atoms with Gasteiger partial charge in [0, 0.05) is 5.54 Å². The molecule has 6 heteroatoms. The van der Waals surface area contributed by atoms with Crippen LogP contribution in [0.2, 0.25) is 0 Å². The highest BCUT2D eigenvalue weighted by Gasteiger charge is 2.39. The number of carbonyl (C=O) groups is 1. The Kier molecular flexibility index (Phi) is 1.98. The molecule has 0 atom stereocenters. The van der Waals surface area contributed by atoms with Crippen molar-refractivity contribution in [3.05, 3.63) is 5.82 Å². The Labute approximate surface area is 81.5 Å². The van der Waals surface area contributed by atoms with Gasteiger partial charge in [-0.15, -0.1) is 10.2 Å². The van der Waals surface area contributed by atoms with Gasteiger partial charge in [0.1, 0.15) is 0 Å². The van der Waals surface area contributed by atoms with Crippen LogP contribution in [0.15, 0.2) is 0 Å². The van der Waals surface area contributed by atoms with E-state index in [-0.39, 0.29) is 17.3 Å². The van der Waals surface area contributed by atoms with E-state index in [0.717, 1.165) is 0 Å². The first-order valence-electron chi connectivity index (χ1n) is 4.65. The quantitative estimate of drug-likeness (QED) is 0.717. The van der Waals surface area contributed by atoms with Gasteiger partial charge >= 0.3 is 0 Å². The third kappa shape index (κ3) is 1.73. The van der Waals surface area contributed by atoms with E-state index in [1.165, 1.54) is 12.8 Å². The average Bonchev–Trinajstić information content (AvgIpc) is 2.82. The standard InChI is InChI=1S/C8H13N5O/c1-8(2,5-3-4-5)9-7(14)6-10-12-13-11-6/h5H,3-4H2,1-2H3,(H,9,14)(H,10,11,12,13). The molecular formula is C8H13N5O. The molecule has 1 saturated carbocycles. The van der Waals surface area contributed by atoms with Crippen LogP contribution in [-0.4, -0.2) is 32.1 Å². The molecule has 1 aromatic rings. The Morgan fingerprint density at radius 2 is 2.29 bits per heavy atom. The molecule has 0 saturated heterocycles. The van der Waals surface area contributed by atoms with Crippen LogP contribution in [0.3, 0.4) is 0 Å². The second-order valence-corrected chi connectivity index (χ2v) is 4.19. The SMILES string of the molecule is CC(C)(NC(=O)c1nn[nH]n1)C1CC1. The normalized spacial score (nSPS) is 16.7. The van der Waals surface area contributed by atoms with Crippen LogP contribution < -0.4 is 5.32 Å². The van der Waals surface area contributed by atoms with Crippen LogP contribution in [0.1, 0.15) is 37.3 Å². The summed E-state index contributed by atoms with van der Waals surface area (Å²) >= 11 is 0. The van der Waals surface area contributed by atoms with Crippen LogP contribution in [0.25, 0.3) is 0 Å². The molecule has 6 nitrogen and oxygen atoms in total. The predicted octanol–water partition coefficient (Wildman–Crippen LogP) is 0.118. The number of nitrogens with zero attached hydrogens (tertiary/aromatic N) is 3. The second kappa shape index (κ2) is 3.04. The third-order valence-electron chi connectivity index (χ3n) is 2.58. The van der Waals surface area contributed by atoms with Crippen LogP contribution in [-0.2, 0) is 0 Å². The largest absolute Gasteiger partial charge is 0.344 e. The van der Waals surface area contributed by atoms with E-state index in [1.54, 1.807) is 0 Å². The van der Waals surface area contributed by atoms with Gasteiger partial charge in [-0.1, -0.05) is 0 Å². The molecule has 0 spiro atoms. The number of H-pyrrole nitrogens is 1. The number of hydrogen-bond acceptors (Lipinski definition) is 4. The Morgan fingerprint density at radius 3 is 2.79 bits per heavy atom. The molecule has 1 heterocycles. The van der Waals surface area contributed by atoms with Gasteiger partial charge in [-0.25, -0.2) is 0 Å². The summed E-state index contributed by atoms with van der Waals surface area (Å²) in [5.41, 5.74) is -0.169. The second-order valence-electron chi connectivity index (χ2n) is 4.19. The van der Waals surface area contributed by atoms with Crippen LogP contribution >= 0.6 is 0 Å². The van der Waals surface area contributed by atoms with Crippen molar-refractivity contribution in [2.75, 3.05) is 0 Å². The average molecular weight is 195 g/mol. The molecule has 76 valence electrons. The van der Waals surface area contributed by atoms with Crippen molar-refractivity contribution >= 4 is 5.91 Å². The molecule has 1 aliphatic rings. The summed E-state index contributed by atoms with van der Waals surface area (Å²) in [5, 5.41) is 15.7. The monoisotopic (exact) mass is 195 g/mol. The minimum atomic E-state index is -0.268. The molecule has 0 unspecified atom stereocenters. The van der Waals surface area contributed by atoms with Crippen LogP contribution in [0, 0.1) is 5.92 Å². The number of carbonyl (C=O) groups excluding carboxylic acids is 1. The van der Waals surface area contributed by atoms with Crippen molar-refractivity contribution in [3.8, 4) is 0 Å². The summed E-state index contributed by atoms with van der Waals surface area (Å²) in [4.78, 5) is 11.6. The Hall–Kier alpha value is -1.46. The highest BCUT2D eigenvalue weighted by Crippen LogP contribution is 2.39. The minimum Gasteiger partial charge on any atom is -0.344 e. The lowest BCUT2D eigenvalue weighted by Gasteiger charge is -2.25. The number of nitrogens with one attached hydrogen (secondary N) is 2. The summed E-state index contributed by atoms with van der Waals surface area (Å²) in [7, 11) is 0. The van der Waals surface area contributed by atoms with Gasteiger partial charge in [-0.05, 0) is 37.8 Å². The first-order chi connectivity index (χ1) is 6.59. The molecule has 2 N–H and O–H groups in total. The van der Waals surface area contributed by atoms with Crippen LogP contribution in [0.5, 0.6) is 0 Å². The van der Waals surface area contributed by atoms with E-state index >= 15 is 0 Å². The smallest absolute Gasteiger partial charge is 0.293 e. The van der Waals surface area contributed by atoms with Gasteiger partial charge in [0.25, 0.3) is 11.7 Å². The van der Waals surface area contributed by atoms with Gasteiger partial charge in [0.15, 0.2) is 0 Å². The van der Waals surface area contributed by atoms with Gasteiger partial charge in [-0.2, -0.15) is 5.21 Å². The number of amides is 1. The van der Waals surface area contributed by atoms with Crippen molar-refractivity contribution in [2.24, 2.45) is 5.92 Å². The summed E-state index contributed by atoms with van der Waals surface area (Å²) in [6.45, 7) is 4.03. The molecule has 1 amide bonds. The fourth-order valence-electron chi connectivity index (χ4n) is 1.51. The Balaban J connectivity index is 2.00. The minimum absolute atomic E-state index is 0.0960. The molecule has 1 aliphatic carbocycles. The van der Waals surface area contributed by atoms with Crippen molar-refractivity contribution in [3.63, 3.8) is 0 Å². The first-order valence-corrected chi connectivity index (χ1v) is 4.65. The highest BCUT2D eigenvalue weighted by molar-refractivity contribution is 5.90. The number of aromatic amines is 1. The van der Waals surface area contributed by atoms with E-state index in [2.05, 4.69) is 25.9 Å². The van der Waals surface area contributed by atoms with Gasteiger partial charge < -0.3 is 5.32 Å². The number of rotatable bonds is 3. The molecule has 0 aliphatic heterocycles. The number of hydrogen-bond donors (Lipinski definition) is 2. The number of tetrazole rings is 1. The summed E-state index contributed by atoms with van der Waals surface area (Å²) in [6.07, 6.45) is 2.36. The zero-order chi connectivity index (χ0) is 10.2. The van der Waals surface area contributed by atoms with E-state index in [4.69, 9.17) is 0 Å². The lowest BCUT2D eigenvalue weighted by molar-refractivity contribution is 0.0892. The lowest BCUT2D eigenvalue weighted by atomic mass is 9.99. The maximum Gasteiger partial charge on any atom is 0.293 e. The molecular weight excluding hydrogens is 182 g/mol. The summed E-state index contributed by atoms with van der Waals surface area (Å²) < 4.78 is 0. The molecule has 1 fully saturated rings. The summed E-state index contributed by atoms with van der Waals surface area (Å²) in [6, 6.07) is 0. The molecule has 1 aromatic heterocycles. The third-order valence-corrected chi connectivity index (χ3v) is 2.58. The molecule has 0 radical (unpaired) electrons. The van der Waals surface area contributed by atoms with Gasteiger partial charge in [0.05, 0.1) is 0 Å². The van der Waals surface area contributed by atoms with E-state index in [1.807, 2.05) is 13.8 Å². The maximum atomic E-state index is 11.6. The Morgan fingerprint density at radius 1 is 1.57 bits per heavy atom. The van der Waals surface area contributed by atoms with Gasteiger partial charge in [0.2, 0.25) is 0 Å². The zero-order valence-corrected chi connectivity index (χ0v) is 8.24. The van der Waals surface area contributed by atoms with Gasteiger partial charge in [-0.3, -0.25) is 4.79 Å². The fourth-order valence-corrected chi connectivity index (χ4v) is 1.51. The maximum absolute atomic E-state index is 11.6. The lowest BCUT2D eigenvalue weighted by Crippen LogP contribution is -2.45. The van der Waals surface area contributed by atoms with E-state index in [0.29, 0.717) is 5.92 Å². The fraction of sp³-hybridized carbons (Fsp3) is 0.750. The Bertz CT molecular complexity index is 328. The van der Waals surface area contributed by atoms with Crippen molar-refractivity contribution < 1.29 is 4.79 Å². The molecule has 2 rings (SSSR count). The number of aromatic nitrogens is 4. The van der Waals surface area contributed by atoms with Crippen LogP contribution in [0.4, 0.5) is 0 Å². The van der Waals surface area contributed by atoms with Crippen molar-refractivity contribution in [1.82, 2.24) is 25.9 Å². The molecule has 14 heavy (non-hydrogen) atoms. The molecule has 0 bridgehead atoms. The van der Waals surface area contributed by atoms with Crippen molar-refractivity contribution in [2.45, 2.75) is 32.2 Å². The predicted molar refractivity (Wildman–Crippen MR) is 48.4 cm³/mol. The first kappa shape index (κ1) is 9.11. The molecule has 0 aromatic carbocycles. The van der Waals surface area contributed by atoms with E-state index < -0.39 is 0 Å².